The lowest BCUT2D eigenvalue weighted by molar-refractivity contribution is -0.167. The monoisotopic (exact) mass is 916 g/mol. The van der Waals surface area contributed by atoms with E-state index < -0.39 is 47.0 Å². The number of hydrogen-bond acceptors (Lipinski definition) is 12. The fraction of sp³-hybridized carbons (Fsp3) is 0.383. The summed E-state index contributed by atoms with van der Waals surface area (Å²) in [6.07, 6.45) is 5.74. The molecule has 66 heavy (non-hydrogen) atoms. The quantitative estimate of drug-likeness (QED) is 0.145. The Bertz CT molecular complexity index is 2800. The summed E-state index contributed by atoms with van der Waals surface area (Å²) in [5.41, 5.74) is 3.21. The van der Waals surface area contributed by atoms with E-state index in [1.54, 1.807) is 41.0 Å². The van der Waals surface area contributed by atoms with Crippen molar-refractivity contribution in [3.05, 3.63) is 107 Å². The van der Waals surface area contributed by atoms with Crippen LogP contribution < -0.4 is 25.8 Å². The summed E-state index contributed by atoms with van der Waals surface area (Å²) in [6, 6.07) is 13.7. The number of likely N-dealkylation sites (tertiary alicyclic amines) is 1. The molecule has 1 spiro atoms. The maximum atomic E-state index is 15.9. The van der Waals surface area contributed by atoms with Gasteiger partial charge in [0.25, 0.3) is 17.7 Å². The van der Waals surface area contributed by atoms with E-state index in [9.17, 15) is 29.1 Å². The lowest BCUT2D eigenvalue weighted by Gasteiger charge is -2.61. The highest BCUT2D eigenvalue weighted by Crippen LogP contribution is 2.45. The molecule has 4 saturated heterocycles. The number of carbonyl (C=O) groups excluding carboxylic acids is 5. The number of fused-ring (bicyclic) bond motifs is 2. The van der Waals surface area contributed by atoms with E-state index in [1.807, 2.05) is 33.7 Å². The third kappa shape index (κ3) is 7.33. The van der Waals surface area contributed by atoms with Crippen LogP contribution in [0.1, 0.15) is 65.5 Å². The first-order valence-corrected chi connectivity index (χ1v) is 23.1. The summed E-state index contributed by atoms with van der Waals surface area (Å²) in [7, 11) is 0. The van der Waals surface area contributed by atoms with E-state index in [-0.39, 0.29) is 67.3 Å². The molecule has 4 N–H and O–H groups in total. The molecule has 5 aromatic rings. The number of halogens is 2. The molecular formula is C47H46F2N10O6S. The SMILES string of the molecule is O=C1CC[C@H](Nc2ccc(N3CCC(O)(C(=O)N4CC5(C4)CN(c4ccc(-c6cc(F)c7c(c6)C(=O)N(C(C(=O)Nc6nccs6)c6ncn8c6CCC8)C7)cc4)C5)CC3)c(F)c2)C(=O)N1. The van der Waals surface area contributed by atoms with Gasteiger partial charge < -0.3 is 34.6 Å². The zero-order valence-corrected chi connectivity index (χ0v) is 36.6. The number of piperidine rings is 2. The Balaban J connectivity index is 0.692. The number of nitrogens with one attached hydrogen (secondary N) is 3. The summed E-state index contributed by atoms with van der Waals surface area (Å²) < 4.78 is 33.2. The van der Waals surface area contributed by atoms with Crippen molar-refractivity contribution in [2.45, 2.75) is 69.3 Å². The van der Waals surface area contributed by atoms with Crippen molar-refractivity contribution in [3.63, 3.8) is 0 Å². The van der Waals surface area contributed by atoms with Gasteiger partial charge in [-0.3, -0.25) is 34.6 Å². The number of hydrogen-bond donors (Lipinski definition) is 4. The van der Waals surface area contributed by atoms with Gasteiger partial charge in [0.05, 0.1) is 24.3 Å². The summed E-state index contributed by atoms with van der Waals surface area (Å²) >= 11 is 1.27. The Morgan fingerprint density at radius 3 is 2.41 bits per heavy atom. The second-order valence-corrected chi connectivity index (χ2v) is 19.3. The van der Waals surface area contributed by atoms with E-state index in [1.165, 1.54) is 28.4 Å². The van der Waals surface area contributed by atoms with Gasteiger partial charge in [0.15, 0.2) is 11.2 Å². The molecule has 5 amide bonds. The highest BCUT2D eigenvalue weighted by atomic mass is 32.1. The molecule has 0 bridgehead atoms. The molecule has 8 heterocycles. The van der Waals surface area contributed by atoms with Crippen molar-refractivity contribution in [2.24, 2.45) is 5.41 Å². The number of benzene rings is 3. The molecule has 0 radical (unpaired) electrons. The van der Waals surface area contributed by atoms with Crippen LogP contribution in [0, 0.1) is 17.0 Å². The summed E-state index contributed by atoms with van der Waals surface area (Å²) in [5.74, 6) is -2.99. The van der Waals surface area contributed by atoms with Crippen LogP contribution in [-0.2, 0) is 38.7 Å². The minimum atomic E-state index is -1.54. The fourth-order valence-electron chi connectivity index (χ4n) is 10.6. The Morgan fingerprint density at radius 2 is 1.68 bits per heavy atom. The number of carbonyl (C=O) groups is 5. The maximum absolute atomic E-state index is 15.9. The number of rotatable bonds is 10. The lowest BCUT2D eigenvalue weighted by Crippen LogP contribution is -2.75. The van der Waals surface area contributed by atoms with Gasteiger partial charge in [-0.2, -0.15) is 0 Å². The van der Waals surface area contributed by atoms with E-state index in [0.29, 0.717) is 47.3 Å². The first-order valence-electron chi connectivity index (χ1n) is 22.2. The molecule has 11 rings (SSSR count). The van der Waals surface area contributed by atoms with Gasteiger partial charge >= 0.3 is 0 Å². The topological polar surface area (TPSA) is 185 Å². The third-order valence-electron chi connectivity index (χ3n) is 14.1. The van der Waals surface area contributed by atoms with E-state index >= 15 is 8.78 Å². The standard InChI is InChI=1S/C47H46F2N10O6S/c48-33-19-28(18-31-32(33)21-59(43(31)63)40(42(62)54-45-50-13-17-66-45)39-37-2-1-14-56(37)26-51-39)27-3-6-30(7-4-27)57-22-46(23-57)24-58(25-46)44(64)47(65)11-15-55(16-12-47)36-9-5-29(20-34(36)49)52-35-8-10-38(60)53-41(35)61/h3-7,9,13,17-20,26,35,40,52,65H,1-2,8,10-12,14-16,21-25H2,(H,50,54,62)(H,53,60,61)/t35-,40?/m0/s1. The third-order valence-corrected chi connectivity index (χ3v) is 14.8. The van der Waals surface area contributed by atoms with E-state index in [4.69, 9.17) is 0 Å². The number of aromatic nitrogens is 3. The summed E-state index contributed by atoms with van der Waals surface area (Å²) in [6.45, 7) is 3.78. The molecule has 0 aliphatic carbocycles. The van der Waals surface area contributed by atoms with Gasteiger partial charge in [-0.15, -0.1) is 11.3 Å². The smallest absolute Gasteiger partial charge is 0.255 e. The van der Waals surface area contributed by atoms with Crippen molar-refractivity contribution < 1.29 is 37.9 Å². The van der Waals surface area contributed by atoms with Gasteiger partial charge in [0.2, 0.25) is 11.8 Å². The average molecular weight is 917 g/mol. The lowest BCUT2D eigenvalue weighted by atomic mass is 9.71. The van der Waals surface area contributed by atoms with Crippen molar-refractivity contribution in [1.29, 1.82) is 0 Å². The van der Waals surface area contributed by atoms with Gasteiger partial charge in [0, 0.05) is 110 Å². The predicted molar refractivity (Wildman–Crippen MR) is 240 cm³/mol. The minimum Gasteiger partial charge on any atom is -0.380 e. The Kier molecular flexibility index (Phi) is 10.2. The Labute approximate surface area is 381 Å². The number of amides is 5. The number of imidazole rings is 1. The first-order chi connectivity index (χ1) is 31.8. The minimum absolute atomic E-state index is 0.0777. The van der Waals surface area contributed by atoms with Crippen molar-refractivity contribution in [2.75, 3.05) is 59.7 Å². The highest BCUT2D eigenvalue weighted by molar-refractivity contribution is 7.13. The molecule has 3 aromatic carbocycles. The average Bonchev–Trinajstić information content (AvgIpc) is 4.10. The second-order valence-electron chi connectivity index (χ2n) is 18.4. The van der Waals surface area contributed by atoms with Crippen LogP contribution in [0.5, 0.6) is 0 Å². The van der Waals surface area contributed by atoms with Crippen LogP contribution >= 0.6 is 11.3 Å². The van der Waals surface area contributed by atoms with Gasteiger partial charge in [0.1, 0.15) is 23.3 Å². The van der Waals surface area contributed by atoms with Crippen LogP contribution in [-0.4, -0.2) is 110 Å². The molecule has 6 aliphatic rings. The molecule has 6 aliphatic heterocycles. The molecule has 4 fully saturated rings. The van der Waals surface area contributed by atoms with E-state index in [0.717, 1.165) is 49.4 Å². The van der Waals surface area contributed by atoms with Gasteiger partial charge in [-0.1, -0.05) is 12.1 Å². The van der Waals surface area contributed by atoms with Crippen LogP contribution in [0.2, 0.25) is 0 Å². The Hall–Kier alpha value is -6.73. The molecular weight excluding hydrogens is 871 g/mol. The normalized spacial score (nSPS) is 21.0. The number of anilines is 4. The molecule has 2 atom stereocenters. The number of nitrogens with zero attached hydrogens (tertiary/aromatic N) is 7. The molecule has 340 valence electrons. The number of thiazole rings is 1. The molecule has 1 unspecified atom stereocenters. The van der Waals surface area contributed by atoms with Crippen LogP contribution in [0.4, 0.5) is 31.0 Å². The molecule has 0 saturated carbocycles. The first kappa shape index (κ1) is 41.9. The molecule has 19 heteroatoms. The molecule has 2 aromatic heterocycles. The zero-order valence-electron chi connectivity index (χ0n) is 35.8. The predicted octanol–water partition coefficient (Wildman–Crippen LogP) is 4.46. The van der Waals surface area contributed by atoms with Crippen molar-refractivity contribution in [1.82, 2.24) is 29.7 Å². The molecule has 16 nitrogen and oxygen atoms in total. The number of imide groups is 1. The summed E-state index contributed by atoms with van der Waals surface area (Å²) in [4.78, 5) is 81.1. The van der Waals surface area contributed by atoms with Crippen LogP contribution in [0.25, 0.3) is 11.1 Å². The van der Waals surface area contributed by atoms with Crippen LogP contribution in [0.15, 0.2) is 72.5 Å². The Morgan fingerprint density at radius 1 is 0.894 bits per heavy atom. The van der Waals surface area contributed by atoms with Crippen molar-refractivity contribution >= 4 is 63.1 Å². The maximum Gasteiger partial charge on any atom is 0.255 e. The van der Waals surface area contributed by atoms with Gasteiger partial charge in [-0.05, 0) is 72.9 Å². The van der Waals surface area contributed by atoms with Crippen LogP contribution in [0.3, 0.4) is 0 Å². The number of aryl methyl sites for hydroxylation is 1. The second kappa shape index (κ2) is 16.0. The summed E-state index contributed by atoms with van der Waals surface area (Å²) in [5, 5.41) is 21.7. The largest absolute Gasteiger partial charge is 0.380 e. The number of aliphatic hydroxyl groups is 1. The van der Waals surface area contributed by atoms with Gasteiger partial charge in [-0.25, -0.2) is 18.7 Å². The highest BCUT2D eigenvalue weighted by Gasteiger charge is 2.56. The van der Waals surface area contributed by atoms with Crippen molar-refractivity contribution in [3.8, 4) is 11.1 Å². The zero-order chi connectivity index (χ0) is 45.5. The fourth-order valence-corrected chi connectivity index (χ4v) is 11.1. The van der Waals surface area contributed by atoms with E-state index in [2.05, 4.69) is 30.8 Å².